The average Bonchev–Trinajstić information content (AvgIpc) is 2.15. The van der Waals surface area contributed by atoms with E-state index in [4.69, 9.17) is 10.5 Å². The third-order valence-corrected chi connectivity index (χ3v) is 1.54. The smallest absolute Gasteiger partial charge is 0.219 e. The lowest BCUT2D eigenvalue weighted by atomic mass is 10.3. The zero-order valence-corrected chi connectivity index (χ0v) is 7.66. The number of anilines is 1. The van der Waals surface area contributed by atoms with Crippen molar-refractivity contribution in [1.29, 1.82) is 0 Å². The summed E-state index contributed by atoms with van der Waals surface area (Å²) in [4.78, 5) is 7.75. The van der Waals surface area contributed by atoms with Gasteiger partial charge in [0.2, 0.25) is 5.95 Å². The molecule has 1 aromatic rings. The summed E-state index contributed by atoms with van der Waals surface area (Å²) in [5.41, 5.74) is 6.36. The van der Waals surface area contributed by atoms with Gasteiger partial charge in [0.1, 0.15) is 0 Å². The molecule has 13 heavy (non-hydrogen) atoms. The van der Waals surface area contributed by atoms with E-state index in [0.29, 0.717) is 12.6 Å². The first-order chi connectivity index (χ1) is 6.33. The van der Waals surface area contributed by atoms with E-state index in [2.05, 4.69) is 15.3 Å². The minimum Gasteiger partial charge on any atom is -0.383 e. The molecule has 0 atom stereocenters. The number of methoxy groups -OCH3 is 1. The molecule has 5 heteroatoms. The summed E-state index contributed by atoms with van der Waals surface area (Å²) in [5.74, 6) is 0.306. The van der Waals surface area contributed by atoms with Crippen LogP contribution in [-0.4, -0.2) is 30.2 Å². The van der Waals surface area contributed by atoms with E-state index in [9.17, 15) is 0 Å². The predicted molar refractivity (Wildman–Crippen MR) is 50.0 cm³/mol. The largest absolute Gasteiger partial charge is 0.383 e. The van der Waals surface area contributed by atoms with Crippen LogP contribution in [-0.2, 0) is 11.3 Å². The summed E-state index contributed by atoms with van der Waals surface area (Å²) >= 11 is 0. The van der Waals surface area contributed by atoms with E-state index in [1.807, 2.05) is 0 Å². The molecule has 0 aliphatic heterocycles. The van der Waals surface area contributed by atoms with Gasteiger partial charge in [-0.3, -0.25) is 0 Å². The maximum atomic E-state index is 5.34. The topological polar surface area (TPSA) is 73.1 Å². The third-order valence-electron chi connectivity index (χ3n) is 1.54. The minimum absolute atomic E-state index is 0.306. The zero-order valence-electron chi connectivity index (χ0n) is 7.66. The van der Waals surface area contributed by atoms with Gasteiger partial charge >= 0.3 is 0 Å². The predicted octanol–water partition coefficient (Wildman–Crippen LogP) is -0.205. The van der Waals surface area contributed by atoms with E-state index in [1.165, 1.54) is 0 Å². The van der Waals surface area contributed by atoms with Gasteiger partial charge in [0.05, 0.1) is 6.61 Å². The number of hydrogen-bond acceptors (Lipinski definition) is 5. The lowest BCUT2D eigenvalue weighted by Gasteiger charge is -2.02. The van der Waals surface area contributed by atoms with Gasteiger partial charge in [-0.25, -0.2) is 9.97 Å². The first kappa shape index (κ1) is 9.88. The van der Waals surface area contributed by atoms with Crippen molar-refractivity contribution in [3.8, 4) is 0 Å². The number of nitrogens with zero attached hydrogens (tertiary/aromatic N) is 2. The lowest BCUT2D eigenvalue weighted by molar-refractivity contribution is 0.199. The molecule has 5 nitrogen and oxygen atoms in total. The second-order valence-electron chi connectivity index (χ2n) is 2.62. The van der Waals surface area contributed by atoms with Crippen molar-refractivity contribution in [3.63, 3.8) is 0 Å². The second-order valence-corrected chi connectivity index (χ2v) is 2.62. The lowest BCUT2D eigenvalue weighted by Crippen LogP contribution is -2.18. The maximum absolute atomic E-state index is 5.34. The summed E-state index contributed by atoms with van der Waals surface area (Å²) in [6, 6.07) is 0. The Morgan fingerprint density at radius 2 is 2.15 bits per heavy atom. The number of nitrogens with two attached hydrogens (primary N) is 1. The molecule has 1 rings (SSSR count). The third kappa shape index (κ3) is 3.82. The Balaban J connectivity index is 2.25. The van der Waals surface area contributed by atoms with Crippen molar-refractivity contribution in [2.45, 2.75) is 6.54 Å². The number of ether oxygens (including phenoxy) is 1. The first-order valence-corrected chi connectivity index (χ1v) is 4.09. The van der Waals surface area contributed by atoms with Crippen molar-refractivity contribution >= 4 is 5.95 Å². The fraction of sp³-hybridized carbons (Fsp3) is 0.500. The molecule has 72 valence electrons. The number of hydrogen-bond donors (Lipinski definition) is 2. The number of rotatable bonds is 5. The Kier molecular flexibility index (Phi) is 4.14. The fourth-order valence-corrected chi connectivity index (χ4v) is 0.863. The van der Waals surface area contributed by atoms with E-state index in [-0.39, 0.29) is 0 Å². The number of aromatic nitrogens is 2. The molecule has 0 aliphatic rings. The van der Waals surface area contributed by atoms with Crippen molar-refractivity contribution < 1.29 is 4.74 Å². The average molecular weight is 182 g/mol. The van der Waals surface area contributed by atoms with E-state index >= 15 is 0 Å². The van der Waals surface area contributed by atoms with Crippen molar-refractivity contribution in [2.75, 3.05) is 26.0 Å². The normalized spacial score (nSPS) is 10.2. The van der Waals surface area contributed by atoms with Crippen molar-refractivity contribution in [3.05, 3.63) is 18.0 Å². The van der Waals surface area contributed by atoms with E-state index in [1.54, 1.807) is 19.5 Å². The van der Waals surface area contributed by atoms with Crippen LogP contribution in [0.2, 0.25) is 0 Å². The molecule has 3 N–H and O–H groups in total. The van der Waals surface area contributed by atoms with Crippen molar-refractivity contribution in [2.24, 2.45) is 0 Å². The standard InChI is InChI=1S/C8H14N4O/c1-13-3-2-10-4-7-5-11-8(9)12-6-7/h5-6,10H,2-4H2,1H3,(H2,9,11,12). The van der Waals surface area contributed by atoms with E-state index in [0.717, 1.165) is 18.7 Å². The van der Waals surface area contributed by atoms with Crippen LogP contribution < -0.4 is 11.1 Å². The van der Waals surface area contributed by atoms with Crippen LogP contribution >= 0.6 is 0 Å². The molecule has 1 heterocycles. The molecular formula is C8H14N4O. The highest BCUT2D eigenvalue weighted by molar-refractivity contribution is 5.16. The Bertz CT molecular complexity index is 236. The highest BCUT2D eigenvalue weighted by Crippen LogP contribution is 1.95. The summed E-state index contributed by atoms with van der Waals surface area (Å²) in [7, 11) is 1.67. The van der Waals surface area contributed by atoms with Gasteiger partial charge in [-0.1, -0.05) is 0 Å². The molecule has 0 bridgehead atoms. The van der Waals surface area contributed by atoms with Crippen LogP contribution in [0.5, 0.6) is 0 Å². The quantitative estimate of drug-likeness (QED) is 0.617. The molecule has 0 radical (unpaired) electrons. The van der Waals surface area contributed by atoms with Crippen LogP contribution in [0.3, 0.4) is 0 Å². The fourth-order valence-electron chi connectivity index (χ4n) is 0.863. The highest BCUT2D eigenvalue weighted by Gasteiger charge is 1.93. The molecule has 0 unspecified atom stereocenters. The molecule has 0 spiro atoms. The minimum atomic E-state index is 0.306. The van der Waals surface area contributed by atoms with Gasteiger partial charge in [-0.05, 0) is 0 Å². The van der Waals surface area contributed by atoms with Gasteiger partial charge in [0, 0.05) is 38.2 Å². The number of nitrogens with one attached hydrogen (secondary N) is 1. The van der Waals surface area contributed by atoms with Crippen LogP contribution in [0.25, 0.3) is 0 Å². The first-order valence-electron chi connectivity index (χ1n) is 4.09. The highest BCUT2D eigenvalue weighted by atomic mass is 16.5. The molecule has 0 saturated heterocycles. The maximum Gasteiger partial charge on any atom is 0.219 e. The summed E-state index contributed by atoms with van der Waals surface area (Å²) in [6.07, 6.45) is 3.42. The summed E-state index contributed by atoms with van der Waals surface area (Å²) in [5, 5.41) is 3.18. The summed E-state index contributed by atoms with van der Waals surface area (Å²) in [6.45, 7) is 2.26. The van der Waals surface area contributed by atoms with Gasteiger partial charge < -0.3 is 15.8 Å². The zero-order chi connectivity index (χ0) is 9.52. The molecule has 0 saturated carbocycles. The van der Waals surface area contributed by atoms with Crippen LogP contribution in [0.1, 0.15) is 5.56 Å². The molecular weight excluding hydrogens is 168 g/mol. The monoisotopic (exact) mass is 182 g/mol. The molecule has 1 aromatic heterocycles. The number of nitrogen functional groups attached to an aromatic ring is 1. The van der Waals surface area contributed by atoms with Crippen LogP contribution in [0.15, 0.2) is 12.4 Å². The van der Waals surface area contributed by atoms with Crippen LogP contribution in [0.4, 0.5) is 5.95 Å². The Morgan fingerprint density at radius 3 is 2.77 bits per heavy atom. The molecule has 0 amide bonds. The molecule has 0 aliphatic carbocycles. The van der Waals surface area contributed by atoms with Gasteiger partial charge in [0.25, 0.3) is 0 Å². The Morgan fingerprint density at radius 1 is 1.46 bits per heavy atom. The Hall–Kier alpha value is -1.20. The molecule has 0 aromatic carbocycles. The SMILES string of the molecule is COCCNCc1cnc(N)nc1. The van der Waals surface area contributed by atoms with Gasteiger partial charge in [0.15, 0.2) is 0 Å². The van der Waals surface area contributed by atoms with Crippen LogP contribution in [0, 0.1) is 0 Å². The van der Waals surface area contributed by atoms with E-state index < -0.39 is 0 Å². The Labute approximate surface area is 77.3 Å². The summed E-state index contributed by atoms with van der Waals surface area (Å²) < 4.78 is 4.89. The van der Waals surface area contributed by atoms with Crippen molar-refractivity contribution in [1.82, 2.24) is 15.3 Å². The van der Waals surface area contributed by atoms with Gasteiger partial charge in [-0.2, -0.15) is 0 Å². The molecule has 0 fully saturated rings. The van der Waals surface area contributed by atoms with Gasteiger partial charge in [-0.15, -0.1) is 0 Å². The second kappa shape index (κ2) is 5.45.